The molecule has 1 N–H and O–H groups in total. The number of thiophene rings is 1. The standard InChI is InChI=1S/C19H27N3OS/c1-2-14-7-6-10-22(12-14)13-18(23)21-19-16(11-20)15-8-4-3-5-9-17(15)24-19/h14H,2-10,12-13H2,1H3,(H,21,23)/t14-/m1/s1. The maximum atomic E-state index is 12.5. The molecule has 0 spiro atoms. The summed E-state index contributed by atoms with van der Waals surface area (Å²) in [5.41, 5.74) is 1.91. The van der Waals surface area contributed by atoms with Crippen molar-refractivity contribution in [3.05, 3.63) is 16.0 Å². The van der Waals surface area contributed by atoms with Crippen LogP contribution in [0.2, 0.25) is 0 Å². The number of rotatable bonds is 4. The van der Waals surface area contributed by atoms with Crippen molar-refractivity contribution in [2.45, 2.75) is 58.3 Å². The molecule has 130 valence electrons. The second kappa shape index (κ2) is 8.13. The highest BCUT2D eigenvalue weighted by Crippen LogP contribution is 2.37. The molecule has 0 aromatic carbocycles. The van der Waals surface area contributed by atoms with E-state index in [-0.39, 0.29) is 5.91 Å². The van der Waals surface area contributed by atoms with Gasteiger partial charge in [-0.05, 0) is 56.6 Å². The summed E-state index contributed by atoms with van der Waals surface area (Å²) in [7, 11) is 0. The Labute approximate surface area is 148 Å². The van der Waals surface area contributed by atoms with E-state index in [0.717, 1.165) is 48.8 Å². The molecule has 2 heterocycles. The minimum atomic E-state index is 0.0275. The summed E-state index contributed by atoms with van der Waals surface area (Å²) in [5.74, 6) is 0.749. The molecule has 0 radical (unpaired) electrons. The lowest BCUT2D eigenvalue weighted by molar-refractivity contribution is -0.117. The van der Waals surface area contributed by atoms with Gasteiger partial charge in [0.2, 0.25) is 5.91 Å². The predicted molar refractivity (Wildman–Crippen MR) is 98.4 cm³/mol. The number of carbonyl (C=O) groups is 1. The molecule has 1 aromatic rings. The second-order valence-electron chi connectivity index (χ2n) is 7.08. The van der Waals surface area contributed by atoms with Gasteiger partial charge in [0.05, 0.1) is 12.1 Å². The van der Waals surface area contributed by atoms with Crippen molar-refractivity contribution in [3.63, 3.8) is 0 Å². The van der Waals surface area contributed by atoms with Gasteiger partial charge >= 0.3 is 0 Å². The number of nitrogens with zero attached hydrogens (tertiary/aromatic N) is 2. The Morgan fingerprint density at radius 1 is 1.33 bits per heavy atom. The van der Waals surface area contributed by atoms with Crippen molar-refractivity contribution < 1.29 is 4.79 Å². The molecule has 1 atom stereocenters. The van der Waals surface area contributed by atoms with Crippen LogP contribution in [0.5, 0.6) is 0 Å². The summed E-state index contributed by atoms with van der Waals surface area (Å²) in [6.45, 7) is 4.71. The van der Waals surface area contributed by atoms with Gasteiger partial charge in [-0.2, -0.15) is 5.26 Å². The van der Waals surface area contributed by atoms with E-state index in [0.29, 0.717) is 6.54 Å². The third-order valence-electron chi connectivity index (χ3n) is 5.33. The maximum Gasteiger partial charge on any atom is 0.239 e. The molecule has 4 nitrogen and oxygen atoms in total. The third kappa shape index (κ3) is 3.99. The number of nitrogens with one attached hydrogen (secondary N) is 1. The van der Waals surface area contributed by atoms with Crippen molar-refractivity contribution >= 4 is 22.2 Å². The lowest BCUT2D eigenvalue weighted by Gasteiger charge is -2.31. The van der Waals surface area contributed by atoms with Crippen molar-refractivity contribution in [1.82, 2.24) is 4.90 Å². The van der Waals surface area contributed by atoms with Crippen molar-refractivity contribution in [2.24, 2.45) is 5.92 Å². The van der Waals surface area contributed by atoms with Crippen LogP contribution < -0.4 is 5.32 Å². The zero-order chi connectivity index (χ0) is 16.9. The van der Waals surface area contributed by atoms with E-state index in [4.69, 9.17) is 0 Å². The van der Waals surface area contributed by atoms with E-state index in [9.17, 15) is 10.1 Å². The molecule has 1 aliphatic carbocycles. The van der Waals surface area contributed by atoms with Crippen molar-refractivity contribution in [1.29, 1.82) is 5.26 Å². The minimum absolute atomic E-state index is 0.0275. The zero-order valence-electron chi connectivity index (χ0n) is 14.6. The van der Waals surface area contributed by atoms with Gasteiger partial charge in [-0.15, -0.1) is 11.3 Å². The summed E-state index contributed by atoms with van der Waals surface area (Å²) < 4.78 is 0. The fourth-order valence-corrected chi connectivity index (χ4v) is 5.20. The fourth-order valence-electron chi connectivity index (χ4n) is 3.95. The molecule has 1 amide bonds. The average Bonchev–Trinajstić information content (AvgIpc) is 2.75. The molecule has 0 unspecified atom stereocenters. The first-order chi connectivity index (χ1) is 11.7. The van der Waals surface area contributed by atoms with Gasteiger partial charge in [0.15, 0.2) is 0 Å². The average molecular weight is 346 g/mol. The quantitative estimate of drug-likeness (QED) is 0.841. The monoisotopic (exact) mass is 345 g/mol. The fraction of sp³-hybridized carbons (Fsp3) is 0.684. The third-order valence-corrected chi connectivity index (χ3v) is 6.54. The molecule has 5 heteroatoms. The highest BCUT2D eigenvalue weighted by atomic mass is 32.1. The van der Waals surface area contributed by atoms with Crippen LogP contribution in [0, 0.1) is 17.2 Å². The second-order valence-corrected chi connectivity index (χ2v) is 8.19. The molecular formula is C19H27N3OS. The van der Waals surface area contributed by atoms with E-state index in [1.54, 1.807) is 11.3 Å². The van der Waals surface area contributed by atoms with Crippen LogP contribution in [-0.4, -0.2) is 30.4 Å². The van der Waals surface area contributed by atoms with Gasteiger partial charge in [-0.3, -0.25) is 9.69 Å². The Hall–Kier alpha value is -1.38. The molecular weight excluding hydrogens is 318 g/mol. The van der Waals surface area contributed by atoms with E-state index >= 15 is 0 Å². The summed E-state index contributed by atoms with van der Waals surface area (Å²) in [4.78, 5) is 16.0. The minimum Gasteiger partial charge on any atom is -0.315 e. The van der Waals surface area contributed by atoms with Crippen LogP contribution >= 0.6 is 11.3 Å². The van der Waals surface area contributed by atoms with Gasteiger partial charge in [0.1, 0.15) is 11.1 Å². The number of aryl methyl sites for hydroxylation is 1. The Balaban J connectivity index is 1.65. The van der Waals surface area contributed by atoms with Crippen LogP contribution in [0.4, 0.5) is 5.00 Å². The van der Waals surface area contributed by atoms with Gasteiger partial charge in [0, 0.05) is 11.4 Å². The van der Waals surface area contributed by atoms with Crippen LogP contribution in [0.3, 0.4) is 0 Å². The number of amides is 1. The molecule has 0 bridgehead atoms. The Morgan fingerprint density at radius 3 is 2.96 bits per heavy atom. The molecule has 1 aliphatic heterocycles. The topological polar surface area (TPSA) is 56.1 Å². The molecule has 0 saturated carbocycles. The first-order valence-corrected chi connectivity index (χ1v) is 10.1. The molecule has 1 fully saturated rings. The Bertz CT molecular complexity index is 631. The van der Waals surface area contributed by atoms with Crippen molar-refractivity contribution in [2.75, 3.05) is 25.0 Å². The Morgan fingerprint density at radius 2 is 2.17 bits per heavy atom. The van der Waals surface area contributed by atoms with E-state index in [2.05, 4.69) is 23.2 Å². The SMILES string of the molecule is CC[C@@H]1CCCN(CC(=O)Nc2sc3c(c2C#N)CCCCC3)C1. The number of likely N-dealkylation sites (tertiary alicyclic amines) is 1. The number of piperidine rings is 1. The van der Waals surface area contributed by atoms with E-state index in [1.807, 2.05) is 0 Å². The normalized spacial score (nSPS) is 21.6. The number of nitriles is 1. The van der Waals surface area contributed by atoms with Crippen LogP contribution in [-0.2, 0) is 17.6 Å². The van der Waals surface area contributed by atoms with Gasteiger partial charge in [0.25, 0.3) is 0 Å². The van der Waals surface area contributed by atoms with E-state index in [1.165, 1.54) is 42.5 Å². The number of fused-ring (bicyclic) bond motifs is 1. The molecule has 3 rings (SSSR count). The first-order valence-electron chi connectivity index (χ1n) is 9.28. The van der Waals surface area contributed by atoms with Gasteiger partial charge in [-0.1, -0.05) is 19.8 Å². The number of carbonyl (C=O) groups excluding carboxylic acids is 1. The number of hydrogen-bond donors (Lipinski definition) is 1. The Kier molecular flexibility index (Phi) is 5.91. The van der Waals surface area contributed by atoms with Crippen LogP contribution in [0.15, 0.2) is 0 Å². The van der Waals surface area contributed by atoms with Gasteiger partial charge < -0.3 is 5.32 Å². The first kappa shape index (κ1) is 17.4. The lowest BCUT2D eigenvalue weighted by Crippen LogP contribution is -2.40. The van der Waals surface area contributed by atoms with Crippen LogP contribution in [0.25, 0.3) is 0 Å². The number of anilines is 1. The zero-order valence-corrected chi connectivity index (χ0v) is 15.4. The van der Waals surface area contributed by atoms with Crippen molar-refractivity contribution in [3.8, 4) is 6.07 Å². The molecule has 1 saturated heterocycles. The summed E-state index contributed by atoms with van der Waals surface area (Å²) in [6.07, 6.45) is 9.27. The van der Waals surface area contributed by atoms with Crippen LogP contribution in [0.1, 0.15) is 61.5 Å². The molecule has 24 heavy (non-hydrogen) atoms. The highest BCUT2D eigenvalue weighted by Gasteiger charge is 2.23. The summed E-state index contributed by atoms with van der Waals surface area (Å²) in [5, 5.41) is 13.4. The molecule has 2 aliphatic rings. The maximum absolute atomic E-state index is 12.5. The summed E-state index contributed by atoms with van der Waals surface area (Å²) >= 11 is 1.62. The predicted octanol–water partition coefficient (Wildman–Crippen LogP) is 3.95. The molecule has 1 aromatic heterocycles. The smallest absolute Gasteiger partial charge is 0.239 e. The van der Waals surface area contributed by atoms with E-state index < -0.39 is 0 Å². The highest BCUT2D eigenvalue weighted by molar-refractivity contribution is 7.16. The largest absolute Gasteiger partial charge is 0.315 e. The summed E-state index contributed by atoms with van der Waals surface area (Å²) in [6, 6.07) is 2.34. The lowest BCUT2D eigenvalue weighted by atomic mass is 9.96. The number of hydrogen-bond acceptors (Lipinski definition) is 4. The van der Waals surface area contributed by atoms with Gasteiger partial charge in [-0.25, -0.2) is 0 Å².